The third kappa shape index (κ3) is 5.33. The largest absolute Gasteiger partial charge is 0.487 e. The number of rotatable bonds is 9. The molecule has 0 bridgehead atoms. The summed E-state index contributed by atoms with van der Waals surface area (Å²) in [5.74, 6) is 0.202. The summed E-state index contributed by atoms with van der Waals surface area (Å²) in [6, 6.07) is 12.8. The maximum absolute atomic E-state index is 12.3. The van der Waals surface area contributed by atoms with Gasteiger partial charge in [0, 0.05) is 30.9 Å². The van der Waals surface area contributed by atoms with Crippen molar-refractivity contribution < 1.29 is 19.1 Å². The van der Waals surface area contributed by atoms with Gasteiger partial charge < -0.3 is 19.2 Å². The summed E-state index contributed by atoms with van der Waals surface area (Å²) >= 11 is 0. The number of fused-ring (bicyclic) bond motifs is 1. The molecule has 7 heteroatoms. The van der Waals surface area contributed by atoms with Gasteiger partial charge in [-0.2, -0.15) is 0 Å². The van der Waals surface area contributed by atoms with Gasteiger partial charge in [-0.15, -0.1) is 0 Å². The molecule has 1 aromatic carbocycles. The normalized spacial score (nSPS) is 10.6. The first kappa shape index (κ1) is 19.4. The molecule has 28 heavy (non-hydrogen) atoms. The number of nitrogens with one attached hydrogen (secondary N) is 1. The zero-order chi connectivity index (χ0) is 19.8. The van der Waals surface area contributed by atoms with Crippen LogP contribution < -0.4 is 10.1 Å². The van der Waals surface area contributed by atoms with Gasteiger partial charge in [0.2, 0.25) is 0 Å². The summed E-state index contributed by atoms with van der Waals surface area (Å²) in [6.45, 7) is 0.822. The Bertz CT molecular complexity index is 918. The zero-order valence-electron chi connectivity index (χ0n) is 15.8. The minimum atomic E-state index is -0.234. The number of methoxy groups -OCH3 is 1. The molecule has 3 aromatic rings. The van der Waals surface area contributed by atoms with E-state index in [0.717, 1.165) is 11.3 Å². The Labute approximate surface area is 163 Å². The zero-order valence-corrected chi connectivity index (χ0v) is 15.8. The highest BCUT2D eigenvalue weighted by molar-refractivity contribution is 5.94. The molecule has 0 aliphatic carbocycles. The topological polar surface area (TPSA) is 81.9 Å². The second-order valence-corrected chi connectivity index (χ2v) is 6.30. The minimum Gasteiger partial charge on any atom is -0.487 e. The van der Waals surface area contributed by atoms with Crippen molar-refractivity contribution in [1.29, 1.82) is 0 Å². The number of esters is 1. The molecule has 3 rings (SSSR count). The van der Waals surface area contributed by atoms with Crippen molar-refractivity contribution in [2.45, 2.75) is 25.9 Å². The summed E-state index contributed by atoms with van der Waals surface area (Å²) in [5.41, 5.74) is 2.20. The predicted molar refractivity (Wildman–Crippen MR) is 104 cm³/mol. The Kier molecular flexibility index (Phi) is 6.62. The highest BCUT2D eigenvalue weighted by Gasteiger charge is 2.08. The molecule has 146 valence electrons. The van der Waals surface area contributed by atoms with Crippen LogP contribution in [0.2, 0.25) is 0 Å². The number of benzene rings is 1. The first-order valence-corrected chi connectivity index (χ1v) is 9.16. The average Bonchev–Trinajstić information content (AvgIpc) is 3.15. The number of imidazole rings is 1. The molecular formula is C21H23N3O4. The molecule has 0 spiro atoms. The van der Waals surface area contributed by atoms with Crippen molar-refractivity contribution >= 4 is 17.5 Å². The quantitative estimate of drug-likeness (QED) is 0.455. The number of ether oxygens (including phenoxy) is 2. The Balaban J connectivity index is 1.49. The van der Waals surface area contributed by atoms with Gasteiger partial charge in [0.05, 0.1) is 12.8 Å². The van der Waals surface area contributed by atoms with Crippen molar-refractivity contribution in [1.82, 2.24) is 14.7 Å². The van der Waals surface area contributed by atoms with Crippen molar-refractivity contribution in [3.8, 4) is 5.75 Å². The van der Waals surface area contributed by atoms with Gasteiger partial charge in [-0.25, -0.2) is 4.98 Å². The maximum atomic E-state index is 12.3. The van der Waals surface area contributed by atoms with Crippen molar-refractivity contribution in [3.05, 3.63) is 66.1 Å². The molecule has 2 aromatic heterocycles. The lowest BCUT2D eigenvalue weighted by Crippen LogP contribution is -2.24. The third-order valence-electron chi connectivity index (χ3n) is 4.22. The summed E-state index contributed by atoms with van der Waals surface area (Å²) in [7, 11) is 1.37. The number of amides is 1. The fraction of sp³-hybridized carbons (Fsp3) is 0.286. The lowest BCUT2D eigenvalue weighted by Gasteiger charge is -2.08. The molecule has 0 radical (unpaired) electrons. The van der Waals surface area contributed by atoms with Crippen LogP contribution >= 0.6 is 0 Å². The number of nitrogens with zero attached hydrogens (tertiary/aromatic N) is 2. The molecule has 0 aliphatic heterocycles. The molecule has 2 heterocycles. The highest BCUT2D eigenvalue weighted by Crippen LogP contribution is 2.15. The van der Waals surface area contributed by atoms with Gasteiger partial charge in [-0.05, 0) is 43.2 Å². The number of pyridine rings is 1. The van der Waals surface area contributed by atoms with E-state index in [2.05, 4.69) is 15.0 Å². The van der Waals surface area contributed by atoms with E-state index in [1.54, 1.807) is 18.2 Å². The molecule has 0 atom stereocenters. The fourth-order valence-corrected chi connectivity index (χ4v) is 2.74. The fourth-order valence-electron chi connectivity index (χ4n) is 2.74. The minimum absolute atomic E-state index is 0.170. The first-order chi connectivity index (χ1) is 13.7. The van der Waals surface area contributed by atoms with Gasteiger partial charge in [-0.1, -0.05) is 12.1 Å². The summed E-state index contributed by atoms with van der Waals surface area (Å²) < 4.78 is 12.3. The van der Waals surface area contributed by atoms with Crippen molar-refractivity contribution in [2.75, 3.05) is 13.7 Å². The van der Waals surface area contributed by atoms with Gasteiger partial charge in [0.1, 0.15) is 18.0 Å². The van der Waals surface area contributed by atoms with E-state index in [0.29, 0.717) is 43.7 Å². The van der Waals surface area contributed by atoms with Gasteiger partial charge in [0.25, 0.3) is 5.91 Å². The second kappa shape index (κ2) is 9.55. The van der Waals surface area contributed by atoms with Crippen LogP contribution in [0, 0.1) is 0 Å². The Morgan fingerprint density at radius 1 is 1.14 bits per heavy atom. The van der Waals surface area contributed by atoms with E-state index in [1.807, 2.05) is 41.1 Å². The first-order valence-electron chi connectivity index (χ1n) is 9.16. The number of aromatic nitrogens is 2. The second-order valence-electron chi connectivity index (χ2n) is 6.30. The van der Waals surface area contributed by atoms with Crippen molar-refractivity contribution in [3.63, 3.8) is 0 Å². The lowest BCUT2D eigenvalue weighted by molar-refractivity contribution is -0.140. The molecule has 1 amide bonds. The molecule has 0 aliphatic rings. The number of unbranched alkanes of at least 4 members (excludes halogenated alkanes) is 1. The average molecular weight is 381 g/mol. The van der Waals surface area contributed by atoms with Gasteiger partial charge >= 0.3 is 5.97 Å². The number of hydrogen-bond acceptors (Lipinski definition) is 5. The summed E-state index contributed by atoms with van der Waals surface area (Å²) in [4.78, 5) is 27.8. The van der Waals surface area contributed by atoms with Gasteiger partial charge in [0.15, 0.2) is 0 Å². The molecule has 0 fully saturated rings. The van der Waals surface area contributed by atoms with Crippen LogP contribution in [0.15, 0.2) is 54.9 Å². The smallest absolute Gasteiger partial charge is 0.305 e. The van der Waals surface area contributed by atoms with Crippen LogP contribution in [0.1, 0.15) is 35.3 Å². The standard InChI is InChI=1S/C21H23N3O4/c1-27-20(25)10-2-4-11-22-21(26)16-7-6-8-18(13-16)28-15-17-14-24-12-5-3-9-19(24)23-17/h3,5-9,12-14H,2,4,10-11,15H2,1H3,(H,22,26). The SMILES string of the molecule is COC(=O)CCCCNC(=O)c1cccc(OCc2cn3ccccc3n2)c1. The van der Waals surface area contributed by atoms with E-state index in [9.17, 15) is 9.59 Å². The van der Waals surface area contributed by atoms with Crippen LogP contribution in [-0.2, 0) is 16.1 Å². The van der Waals surface area contributed by atoms with E-state index in [1.165, 1.54) is 7.11 Å². The van der Waals surface area contributed by atoms with Crippen LogP contribution in [0.3, 0.4) is 0 Å². The Morgan fingerprint density at radius 2 is 2.04 bits per heavy atom. The number of hydrogen-bond donors (Lipinski definition) is 1. The lowest BCUT2D eigenvalue weighted by atomic mass is 10.2. The monoisotopic (exact) mass is 381 g/mol. The van der Waals surface area contributed by atoms with Crippen LogP contribution in [0.25, 0.3) is 5.65 Å². The van der Waals surface area contributed by atoms with E-state index in [-0.39, 0.29) is 11.9 Å². The van der Waals surface area contributed by atoms with Crippen molar-refractivity contribution in [2.24, 2.45) is 0 Å². The van der Waals surface area contributed by atoms with Crippen LogP contribution in [-0.4, -0.2) is 34.9 Å². The number of carbonyl (C=O) groups excluding carboxylic acids is 2. The molecule has 0 saturated heterocycles. The predicted octanol–water partition coefficient (Wildman–Crippen LogP) is 2.99. The summed E-state index contributed by atoms with van der Waals surface area (Å²) in [6.07, 6.45) is 5.60. The van der Waals surface area contributed by atoms with E-state index < -0.39 is 0 Å². The molecule has 7 nitrogen and oxygen atoms in total. The maximum Gasteiger partial charge on any atom is 0.305 e. The van der Waals surface area contributed by atoms with Gasteiger partial charge in [-0.3, -0.25) is 9.59 Å². The number of carbonyl (C=O) groups is 2. The van der Waals surface area contributed by atoms with Crippen LogP contribution in [0.4, 0.5) is 0 Å². The third-order valence-corrected chi connectivity index (χ3v) is 4.22. The summed E-state index contributed by atoms with van der Waals surface area (Å²) in [5, 5.41) is 2.85. The van der Waals surface area contributed by atoms with E-state index in [4.69, 9.17) is 4.74 Å². The molecule has 1 N–H and O–H groups in total. The van der Waals surface area contributed by atoms with Crippen LogP contribution in [0.5, 0.6) is 5.75 Å². The Morgan fingerprint density at radius 3 is 2.86 bits per heavy atom. The molecular weight excluding hydrogens is 358 g/mol. The Hall–Kier alpha value is -3.35. The highest BCUT2D eigenvalue weighted by atomic mass is 16.5. The molecule has 0 saturated carbocycles. The molecule has 0 unspecified atom stereocenters. The van der Waals surface area contributed by atoms with E-state index >= 15 is 0 Å².